The molecule has 0 aromatic heterocycles. The quantitative estimate of drug-likeness (QED) is 0.572. The lowest BCUT2D eigenvalue weighted by atomic mass is 9.93. The average molecular weight is 193 g/mol. The molecule has 0 saturated carbocycles. The molecule has 0 radical (unpaired) electrons. The van der Waals surface area contributed by atoms with Crippen molar-refractivity contribution in [3.8, 4) is 0 Å². The molecule has 0 saturated heterocycles. The van der Waals surface area contributed by atoms with Crippen molar-refractivity contribution in [3.05, 3.63) is 66.2 Å². The van der Waals surface area contributed by atoms with E-state index < -0.39 is 0 Å². The summed E-state index contributed by atoms with van der Waals surface area (Å²) in [5.74, 6) is 0. The molecule has 15 heavy (non-hydrogen) atoms. The van der Waals surface area contributed by atoms with E-state index in [2.05, 4.69) is 36.2 Å². The molecule has 3 rings (SSSR count). The third-order valence-corrected chi connectivity index (χ3v) is 2.77. The summed E-state index contributed by atoms with van der Waals surface area (Å²) < 4.78 is 0. The van der Waals surface area contributed by atoms with E-state index in [1.54, 1.807) is 0 Å². The topological polar surface area (TPSA) is 12.0 Å². The molecular formula is C14H11N. The highest BCUT2D eigenvalue weighted by molar-refractivity contribution is 5.95. The third kappa shape index (κ3) is 1.17. The van der Waals surface area contributed by atoms with Crippen molar-refractivity contribution < 1.29 is 0 Å². The van der Waals surface area contributed by atoms with E-state index in [4.69, 9.17) is 0 Å². The van der Waals surface area contributed by atoms with Crippen LogP contribution >= 0.6 is 0 Å². The Morgan fingerprint density at radius 2 is 1.20 bits per heavy atom. The van der Waals surface area contributed by atoms with E-state index >= 15 is 0 Å². The molecule has 0 unspecified atom stereocenters. The lowest BCUT2D eigenvalue weighted by molar-refractivity contribution is 1.44. The first-order valence-corrected chi connectivity index (χ1v) is 5.01. The summed E-state index contributed by atoms with van der Waals surface area (Å²) in [6, 6.07) is 16.5. The van der Waals surface area contributed by atoms with Gasteiger partial charge >= 0.3 is 0 Å². The average Bonchev–Trinajstić information content (AvgIpc) is 2.30. The van der Waals surface area contributed by atoms with E-state index in [-0.39, 0.29) is 0 Å². The van der Waals surface area contributed by atoms with Crippen LogP contribution < -0.4 is 5.32 Å². The van der Waals surface area contributed by atoms with Crippen molar-refractivity contribution in [2.75, 3.05) is 5.32 Å². The second kappa shape index (κ2) is 2.99. The summed E-state index contributed by atoms with van der Waals surface area (Å²) in [6.45, 7) is 4.16. The van der Waals surface area contributed by atoms with Crippen LogP contribution in [0, 0.1) is 0 Å². The molecule has 1 heterocycles. The molecule has 0 amide bonds. The van der Waals surface area contributed by atoms with Crippen LogP contribution in [0.15, 0.2) is 55.1 Å². The minimum atomic E-state index is 1.10. The minimum Gasteiger partial charge on any atom is -0.355 e. The summed E-state index contributed by atoms with van der Waals surface area (Å²) in [6.07, 6.45) is 0. The van der Waals surface area contributed by atoms with Gasteiger partial charge in [-0.15, -0.1) is 0 Å². The fourth-order valence-electron chi connectivity index (χ4n) is 2.00. The fourth-order valence-corrected chi connectivity index (χ4v) is 2.00. The van der Waals surface area contributed by atoms with Gasteiger partial charge in [0.25, 0.3) is 0 Å². The predicted molar refractivity (Wildman–Crippen MR) is 64.3 cm³/mol. The Morgan fingerprint density at radius 1 is 0.733 bits per heavy atom. The van der Waals surface area contributed by atoms with Crippen LogP contribution in [0.3, 0.4) is 0 Å². The Kier molecular flexibility index (Phi) is 1.65. The molecule has 1 N–H and O–H groups in total. The van der Waals surface area contributed by atoms with Crippen LogP contribution in [0.1, 0.15) is 11.1 Å². The zero-order valence-electron chi connectivity index (χ0n) is 8.33. The Balaban J connectivity index is 2.24. The summed E-state index contributed by atoms with van der Waals surface area (Å²) in [4.78, 5) is 0. The van der Waals surface area contributed by atoms with Crippen LogP contribution in [-0.2, 0) is 0 Å². The molecule has 0 fully saturated rings. The largest absolute Gasteiger partial charge is 0.355 e. The van der Waals surface area contributed by atoms with Crippen LogP contribution in [0.4, 0.5) is 11.4 Å². The first kappa shape index (κ1) is 8.30. The Bertz CT molecular complexity index is 493. The van der Waals surface area contributed by atoms with Crippen molar-refractivity contribution in [2.45, 2.75) is 0 Å². The number of anilines is 2. The van der Waals surface area contributed by atoms with Crippen LogP contribution in [0.2, 0.25) is 0 Å². The maximum atomic E-state index is 4.16. The van der Waals surface area contributed by atoms with Crippen molar-refractivity contribution in [2.24, 2.45) is 0 Å². The summed E-state index contributed by atoms with van der Waals surface area (Å²) in [5.41, 5.74) is 5.76. The van der Waals surface area contributed by atoms with Gasteiger partial charge in [-0.25, -0.2) is 0 Å². The number of fused-ring (bicyclic) bond motifs is 2. The molecule has 72 valence electrons. The Labute approximate surface area is 89.1 Å². The first-order valence-electron chi connectivity index (χ1n) is 5.01. The zero-order valence-corrected chi connectivity index (χ0v) is 8.33. The standard InChI is InChI=1S/C14H11N/c1-10-11-6-2-4-8-13(11)15-14-9-5-3-7-12(10)14/h2-9,15H,1H2. The molecule has 2 aromatic rings. The molecule has 1 heteroatoms. The van der Waals surface area contributed by atoms with Gasteiger partial charge in [0, 0.05) is 22.5 Å². The van der Waals surface area contributed by atoms with Crippen molar-refractivity contribution in [1.29, 1.82) is 0 Å². The summed E-state index contributed by atoms with van der Waals surface area (Å²) in [7, 11) is 0. The zero-order chi connectivity index (χ0) is 10.3. The Hall–Kier alpha value is -2.02. The van der Waals surface area contributed by atoms with E-state index in [1.165, 1.54) is 11.1 Å². The van der Waals surface area contributed by atoms with E-state index in [9.17, 15) is 0 Å². The van der Waals surface area contributed by atoms with Crippen LogP contribution in [-0.4, -0.2) is 0 Å². The molecule has 0 aliphatic carbocycles. The molecule has 1 aliphatic heterocycles. The SMILES string of the molecule is C=C1c2ccccc2Nc2ccccc21. The maximum Gasteiger partial charge on any atom is 0.0464 e. The lowest BCUT2D eigenvalue weighted by Gasteiger charge is -2.22. The van der Waals surface area contributed by atoms with E-state index in [0.29, 0.717) is 0 Å². The van der Waals surface area contributed by atoms with Gasteiger partial charge in [0.1, 0.15) is 0 Å². The molecule has 0 atom stereocenters. The van der Waals surface area contributed by atoms with Gasteiger partial charge in [-0.2, -0.15) is 0 Å². The van der Waals surface area contributed by atoms with Gasteiger partial charge in [0.05, 0.1) is 0 Å². The highest BCUT2D eigenvalue weighted by Gasteiger charge is 2.16. The van der Waals surface area contributed by atoms with E-state index in [1.807, 2.05) is 24.3 Å². The third-order valence-electron chi connectivity index (χ3n) is 2.77. The molecule has 0 bridgehead atoms. The maximum absolute atomic E-state index is 4.16. The van der Waals surface area contributed by atoms with Gasteiger partial charge in [0.15, 0.2) is 0 Å². The highest BCUT2D eigenvalue weighted by atomic mass is 14.9. The van der Waals surface area contributed by atoms with Crippen molar-refractivity contribution >= 4 is 16.9 Å². The first-order chi connectivity index (χ1) is 7.36. The molecule has 1 nitrogen and oxygen atoms in total. The summed E-state index contributed by atoms with van der Waals surface area (Å²) in [5, 5.41) is 3.41. The number of hydrogen-bond donors (Lipinski definition) is 1. The molecular weight excluding hydrogens is 182 g/mol. The van der Waals surface area contributed by atoms with Gasteiger partial charge in [-0.1, -0.05) is 43.0 Å². The number of rotatable bonds is 0. The summed E-state index contributed by atoms with van der Waals surface area (Å²) >= 11 is 0. The van der Waals surface area contributed by atoms with Gasteiger partial charge in [-0.05, 0) is 17.7 Å². The van der Waals surface area contributed by atoms with Gasteiger partial charge in [0.2, 0.25) is 0 Å². The van der Waals surface area contributed by atoms with E-state index in [0.717, 1.165) is 16.9 Å². The monoisotopic (exact) mass is 193 g/mol. The normalized spacial score (nSPS) is 12.7. The van der Waals surface area contributed by atoms with Crippen LogP contribution in [0.25, 0.3) is 5.57 Å². The van der Waals surface area contributed by atoms with Crippen LogP contribution in [0.5, 0.6) is 0 Å². The number of para-hydroxylation sites is 2. The fraction of sp³-hybridized carbons (Fsp3) is 0. The van der Waals surface area contributed by atoms with Gasteiger partial charge in [-0.3, -0.25) is 0 Å². The minimum absolute atomic E-state index is 1.10. The Morgan fingerprint density at radius 3 is 1.73 bits per heavy atom. The van der Waals surface area contributed by atoms with Gasteiger partial charge < -0.3 is 5.32 Å². The number of benzene rings is 2. The number of hydrogen-bond acceptors (Lipinski definition) is 1. The highest BCUT2D eigenvalue weighted by Crippen LogP contribution is 2.38. The lowest BCUT2D eigenvalue weighted by Crippen LogP contribution is -2.04. The second-order valence-corrected chi connectivity index (χ2v) is 3.69. The predicted octanol–water partition coefficient (Wildman–Crippen LogP) is 3.81. The second-order valence-electron chi connectivity index (χ2n) is 3.69. The molecule has 2 aromatic carbocycles. The molecule has 0 spiro atoms. The molecule has 1 aliphatic rings. The number of nitrogens with one attached hydrogen (secondary N) is 1. The van der Waals surface area contributed by atoms with Crippen molar-refractivity contribution in [1.82, 2.24) is 0 Å². The van der Waals surface area contributed by atoms with Crippen molar-refractivity contribution in [3.63, 3.8) is 0 Å². The smallest absolute Gasteiger partial charge is 0.0464 e.